The molecule has 0 aliphatic heterocycles. The summed E-state index contributed by atoms with van der Waals surface area (Å²) in [6.07, 6.45) is -3.62. The second-order valence-corrected chi connectivity index (χ2v) is 7.06. The number of carbonyl (C=O) groups excluding carboxylic acids is 1. The largest absolute Gasteiger partial charge is 0.573 e. The lowest BCUT2D eigenvalue weighted by molar-refractivity contribution is -0.274. The van der Waals surface area contributed by atoms with Crippen molar-refractivity contribution >= 4 is 21.7 Å². The number of hydrogen-bond acceptors (Lipinski definition) is 6. The Balaban J connectivity index is 1.70. The fraction of sp³-hybridized carbons (Fsp3) is 0.0556. The van der Waals surface area contributed by atoms with E-state index in [1.165, 1.54) is 36.6 Å². The molecular formula is C18H12F3NO6S. The van der Waals surface area contributed by atoms with E-state index >= 15 is 0 Å². The SMILES string of the molecule is O=C(Nc1ccc(OS(=O)(=O)c2cccc(OC(F)(F)F)c2)cc1)c1ccco1. The van der Waals surface area contributed by atoms with E-state index in [2.05, 4.69) is 10.1 Å². The molecule has 0 saturated heterocycles. The minimum Gasteiger partial charge on any atom is -0.459 e. The van der Waals surface area contributed by atoms with Crippen LogP contribution < -0.4 is 14.2 Å². The molecule has 11 heteroatoms. The summed E-state index contributed by atoms with van der Waals surface area (Å²) >= 11 is 0. The molecular weight excluding hydrogens is 415 g/mol. The highest BCUT2D eigenvalue weighted by Crippen LogP contribution is 2.27. The molecule has 1 heterocycles. The molecule has 1 amide bonds. The van der Waals surface area contributed by atoms with E-state index in [9.17, 15) is 26.4 Å². The van der Waals surface area contributed by atoms with Crippen LogP contribution in [0.1, 0.15) is 10.6 Å². The summed E-state index contributed by atoms with van der Waals surface area (Å²) in [5, 5.41) is 2.53. The van der Waals surface area contributed by atoms with Crippen molar-refractivity contribution in [3.63, 3.8) is 0 Å². The van der Waals surface area contributed by atoms with Gasteiger partial charge in [0.25, 0.3) is 5.91 Å². The highest BCUT2D eigenvalue weighted by molar-refractivity contribution is 7.87. The van der Waals surface area contributed by atoms with E-state index < -0.39 is 33.0 Å². The standard InChI is InChI=1S/C18H12F3NO6S/c19-18(20,21)27-14-3-1-4-15(11-14)29(24,25)28-13-8-6-12(7-9-13)22-17(23)16-5-2-10-26-16/h1-11H,(H,22,23). The van der Waals surface area contributed by atoms with Crippen molar-refractivity contribution < 1.29 is 39.7 Å². The Morgan fingerprint density at radius 3 is 2.31 bits per heavy atom. The van der Waals surface area contributed by atoms with Gasteiger partial charge in [0.1, 0.15) is 16.4 Å². The van der Waals surface area contributed by atoms with Crippen molar-refractivity contribution in [2.75, 3.05) is 5.32 Å². The molecule has 0 saturated carbocycles. The minimum atomic E-state index is -4.96. The smallest absolute Gasteiger partial charge is 0.459 e. The molecule has 1 aromatic heterocycles. The zero-order valence-corrected chi connectivity index (χ0v) is 15.2. The van der Waals surface area contributed by atoms with Crippen molar-refractivity contribution in [1.29, 1.82) is 0 Å². The van der Waals surface area contributed by atoms with E-state index in [1.54, 1.807) is 6.07 Å². The topological polar surface area (TPSA) is 94.8 Å². The van der Waals surface area contributed by atoms with Crippen molar-refractivity contribution in [3.05, 3.63) is 72.7 Å². The number of halogens is 3. The van der Waals surface area contributed by atoms with Crippen LogP contribution in [-0.2, 0) is 10.1 Å². The Morgan fingerprint density at radius 1 is 0.966 bits per heavy atom. The maximum Gasteiger partial charge on any atom is 0.573 e. The van der Waals surface area contributed by atoms with Crippen LogP contribution >= 0.6 is 0 Å². The second kappa shape index (κ2) is 7.87. The van der Waals surface area contributed by atoms with E-state index in [4.69, 9.17) is 8.60 Å². The van der Waals surface area contributed by atoms with Gasteiger partial charge in [-0.15, -0.1) is 13.2 Å². The number of carbonyl (C=O) groups is 1. The lowest BCUT2D eigenvalue weighted by Crippen LogP contribution is -2.17. The lowest BCUT2D eigenvalue weighted by atomic mass is 10.3. The van der Waals surface area contributed by atoms with E-state index in [-0.39, 0.29) is 11.5 Å². The fourth-order valence-corrected chi connectivity index (χ4v) is 3.16. The molecule has 29 heavy (non-hydrogen) atoms. The predicted molar refractivity (Wildman–Crippen MR) is 94.0 cm³/mol. The Labute approximate surface area is 162 Å². The molecule has 3 aromatic rings. The first kappa shape index (κ1) is 20.3. The molecule has 0 aliphatic carbocycles. The van der Waals surface area contributed by atoms with Crippen molar-refractivity contribution in [2.45, 2.75) is 11.3 Å². The van der Waals surface area contributed by atoms with Crippen LogP contribution in [-0.4, -0.2) is 20.7 Å². The molecule has 0 radical (unpaired) electrons. The van der Waals surface area contributed by atoms with Gasteiger partial charge in [-0.05, 0) is 48.5 Å². The summed E-state index contributed by atoms with van der Waals surface area (Å²) in [6.45, 7) is 0. The van der Waals surface area contributed by atoms with Crippen molar-refractivity contribution in [1.82, 2.24) is 0 Å². The van der Waals surface area contributed by atoms with Gasteiger partial charge in [-0.2, -0.15) is 8.42 Å². The van der Waals surface area contributed by atoms with Gasteiger partial charge in [0.2, 0.25) is 0 Å². The van der Waals surface area contributed by atoms with Gasteiger partial charge in [0.05, 0.1) is 6.26 Å². The van der Waals surface area contributed by atoms with Crippen LogP contribution in [0.4, 0.5) is 18.9 Å². The van der Waals surface area contributed by atoms with Crippen LogP contribution in [0, 0.1) is 0 Å². The van der Waals surface area contributed by atoms with E-state index in [0.29, 0.717) is 11.8 Å². The summed E-state index contributed by atoms with van der Waals surface area (Å²) in [4.78, 5) is 11.4. The van der Waals surface area contributed by atoms with Crippen LogP contribution in [0.25, 0.3) is 0 Å². The average Bonchev–Trinajstić information content (AvgIpc) is 3.17. The number of furan rings is 1. The fourth-order valence-electron chi connectivity index (χ4n) is 2.20. The van der Waals surface area contributed by atoms with Crippen LogP contribution in [0.2, 0.25) is 0 Å². The maximum atomic E-state index is 12.3. The van der Waals surface area contributed by atoms with Gasteiger partial charge in [-0.25, -0.2) is 0 Å². The molecule has 0 spiro atoms. The van der Waals surface area contributed by atoms with Gasteiger partial charge < -0.3 is 18.7 Å². The summed E-state index contributed by atoms with van der Waals surface area (Å²) < 4.78 is 75.0. The number of amides is 1. The molecule has 1 N–H and O–H groups in total. The van der Waals surface area contributed by atoms with Gasteiger partial charge in [0, 0.05) is 11.8 Å². The molecule has 0 aliphatic rings. The number of ether oxygens (including phenoxy) is 1. The zero-order valence-electron chi connectivity index (χ0n) is 14.3. The van der Waals surface area contributed by atoms with E-state index in [0.717, 1.165) is 18.2 Å². The monoisotopic (exact) mass is 427 g/mol. The third-order valence-electron chi connectivity index (χ3n) is 3.39. The number of rotatable bonds is 6. The number of anilines is 1. The second-order valence-electron chi connectivity index (χ2n) is 5.52. The molecule has 0 fully saturated rings. The van der Waals surface area contributed by atoms with Crippen LogP contribution in [0.5, 0.6) is 11.5 Å². The predicted octanol–water partition coefficient (Wildman–Crippen LogP) is 4.20. The highest BCUT2D eigenvalue weighted by Gasteiger charge is 2.31. The Kier molecular flexibility index (Phi) is 5.50. The first-order valence-electron chi connectivity index (χ1n) is 7.88. The number of alkyl halides is 3. The first-order chi connectivity index (χ1) is 13.6. The number of hydrogen-bond donors (Lipinski definition) is 1. The van der Waals surface area contributed by atoms with Gasteiger partial charge in [-0.3, -0.25) is 4.79 Å². The zero-order chi connectivity index (χ0) is 21.1. The maximum absolute atomic E-state index is 12.3. The summed E-state index contributed by atoms with van der Waals surface area (Å²) in [5.74, 6) is -1.21. The van der Waals surface area contributed by atoms with Gasteiger partial charge >= 0.3 is 16.5 Å². The first-order valence-corrected chi connectivity index (χ1v) is 9.28. The molecule has 0 bridgehead atoms. The third-order valence-corrected chi connectivity index (χ3v) is 4.63. The van der Waals surface area contributed by atoms with Crippen molar-refractivity contribution in [3.8, 4) is 11.5 Å². The third kappa shape index (κ3) is 5.51. The van der Waals surface area contributed by atoms with E-state index in [1.807, 2.05) is 0 Å². The molecule has 0 unspecified atom stereocenters. The highest BCUT2D eigenvalue weighted by atomic mass is 32.2. The normalized spacial score (nSPS) is 11.7. The lowest BCUT2D eigenvalue weighted by Gasteiger charge is -2.11. The molecule has 2 aromatic carbocycles. The van der Waals surface area contributed by atoms with Crippen LogP contribution in [0.15, 0.2) is 76.2 Å². The number of benzene rings is 2. The Hall–Kier alpha value is -3.47. The average molecular weight is 427 g/mol. The molecule has 152 valence electrons. The quantitative estimate of drug-likeness (QED) is 0.593. The van der Waals surface area contributed by atoms with Crippen LogP contribution in [0.3, 0.4) is 0 Å². The Bertz CT molecular complexity index is 1090. The summed E-state index contributed by atoms with van der Waals surface area (Å²) in [6, 6.07) is 12.1. The Morgan fingerprint density at radius 2 is 1.69 bits per heavy atom. The molecule has 3 rings (SSSR count). The summed E-state index contributed by atoms with van der Waals surface area (Å²) in [7, 11) is -4.41. The van der Waals surface area contributed by atoms with Crippen molar-refractivity contribution in [2.24, 2.45) is 0 Å². The van der Waals surface area contributed by atoms with Gasteiger partial charge in [0.15, 0.2) is 5.76 Å². The minimum absolute atomic E-state index is 0.0915. The number of nitrogens with one attached hydrogen (secondary N) is 1. The summed E-state index contributed by atoms with van der Waals surface area (Å²) in [5.41, 5.74) is 0.344. The van der Waals surface area contributed by atoms with Gasteiger partial charge in [-0.1, -0.05) is 6.07 Å². The molecule has 0 atom stereocenters. The molecule has 7 nitrogen and oxygen atoms in total.